The molecule has 0 fully saturated rings. The molecule has 0 bridgehead atoms. The van der Waals surface area contributed by atoms with E-state index in [0.717, 1.165) is 6.07 Å². The molecule has 1 aromatic heterocycles. The van der Waals surface area contributed by atoms with Crippen molar-refractivity contribution in [1.82, 2.24) is 15.4 Å². The van der Waals surface area contributed by atoms with E-state index in [1.807, 2.05) is 0 Å². The van der Waals surface area contributed by atoms with E-state index in [2.05, 4.69) is 20.1 Å². The number of hydrogen-bond acceptors (Lipinski definition) is 4. The van der Waals surface area contributed by atoms with Crippen LogP contribution in [0.15, 0.2) is 30.5 Å². The molecule has 0 radical (unpaired) electrons. The topological polar surface area (TPSA) is 60.0 Å². The molecule has 0 spiro atoms. The summed E-state index contributed by atoms with van der Waals surface area (Å²) in [6.45, 7) is 0. The maximum absolute atomic E-state index is 12.0. The summed E-state index contributed by atoms with van der Waals surface area (Å²) in [5, 5.41) is 9.32. The highest BCUT2D eigenvalue weighted by atomic mass is 19.4. The average Bonchev–Trinajstić information content (AvgIpc) is 2.68. The Morgan fingerprint density at radius 1 is 1.18 bits per heavy atom. The van der Waals surface area contributed by atoms with Gasteiger partial charge in [0.05, 0.1) is 6.20 Å². The second kappa shape index (κ2) is 4.32. The van der Waals surface area contributed by atoms with Crippen molar-refractivity contribution in [2.24, 2.45) is 0 Å². The SMILES string of the molecule is FC(F)(F)Oc1cccc(Oc2c[nH]nn2)c1. The van der Waals surface area contributed by atoms with Crippen molar-refractivity contribution in [3.8, 4) is 17.4 Å². The Labute approximate surface area is 93.2 Å². The number of nitrogens with zero attached hydrogens (tertiary/aromatic N) is 2. The monoisotopic (exact) mass is 245 g/mol. The lowest BCUT2D eigenvalue weighted by atomic mass is 10.3. The van der Waals surface area contributed by atoms with Crippen molar-refractivity contribution in [3.63, 3.8) is 0 Å². The summed E-state index contributed by atoms with van der Waals surface area (Å²) in [4.78, 5) is 0. The number of H-pyrrole nitrogens is 1. The molecule has 5 nitrogen and oxygen atoms in total. The van der Waals surface area contributed by atoms with Crippen LogP contribution in [-0.2, 0) is 0 Å². The lowest BCUT2D eigenvalue weighted by Gasteiger charge is -2.09. The lowest BCUT2D eigenvalue weighted by molar-refractivity contribution is -0.274. The van der Waals surface area contributed by atoms with E-state index >= 15 is 0 Å². The molecular weight excluding hydrogens is 239 g/mol. The molecule has 90 valence electrons. The summed E-state index contributed by atoms with van der Waals surface area (Å²) in [5.74, 6) is -0.0479. The van der Waals surface area contributed by atoms with Crippen molar-refractivity contribution in [2.75, 3.05) is 0 Å². The van der Waals surface area contributed by atoms with Crippen molar-refractivity contribution in [2.45, 2.75) is 6.36 Å². The summed E-state index contributed by atoms with van der Waals surface area (Å²) < 4.78 is 44.7. The second-order valence-corrected chi connectivity index (χ2v) is 2.94. The molecule has 17 heavy (non-hydrogen) atoms. The molecule has 2 rings (SSSR count). The fraction of sp³-hybridized carbons (Fsp3) is 0.111. The van der Waals surface area contributed by atoms with Gasteiger partial charge in [0, 0.05) is 6.07 Å². The van der Waals surface area contributed by atoms with E-state index in [9.17, 15) is 13.2 Å². The van der Waals surface area contributed by atoms with Crippen LogP contribution < -0.4 is 9.47 Å². The Kier molecular flexibility index (Phi) is 2.86. The maximum atomic E-state index is 12.0. The normalized spacial score (nSPS) is 11.2. The zero-order chi connectivity index (χ0) is 12.3. The van der Waals surface area contributed by atoms with Gasteiger partial charge in [-0.1, -0.05) is 16.4 Å². The minimum atomic E-state index is -4.73. The van der Waals surface area contributed by atoms with Gasteiger partial charge in [-0.25, -0.2) is 0 Å². The van der Waals surface area contributed by atoms with Crippen molar-refractivity contribution >= 4 is 0 Å². The molecule has 0 aliphatic carbocycles. The number of halogens is 3. The molecule has 1 heterocycles. The molecule has 0 saturated carbocycles. The van der Waals surface area contributed by atoms with Crippen LogP contribution in [0.1, 0.15) is 0 Å². The van der Waals surface area contributed by atoms with Crippen molar-refractivity contribution in [3.05, 3.63) is 30.5 Å². The molecule has 0 aliphatic rings. The van der Waals surface area contributed by atoms with E-state index in [1.165, 1.54) is 24.4 Å². The molecule has 0 aliphatic heterocycles. The number of aromatic nitrogens is 3. The summed E-state index contributed by atoms with van der Waals surface area (Å²) >= 11 is 0. The van der Waals surface area contributed by atoms with Crippen LogP contribution in [0.3, 0.4) is 0 Å². The molecule has 0 amide bonds. The first-order valence-electron chi connectivity index (χ1n) is 4.43. The van der Waals surface area contributed by atoms with Gasteiger partial charge in [0.15, 0.2) is 0 Å². The largest absolute Gasteiger partial charge is 0.573 e. The predicted octanol–water partition coefficient (Wildman–Crippen LogP) is 2.50. The number of alkyl halides is 3. The lowest BCUT2D eigenvalue weighted by Crippen LogP contribution is -2.17. The number of hydrogen-bond donors (Lipinski definition) is 1. The first-order chi connectivity index (χ1) is 8.03. The third kappa shape index (κ3) is 3.37. The standard InChI is InChI=1S/C9H6F3N3O2/c10-9(11,12)17-7-3-1-2-6(4-7)16-8-5-13-15-14-8/h1-5H,(H,13,14,15). The van der Waals surface area contributed by atoms with Gasteiger partial charge >= 0.3 is 6.36 Å². The number of nitrogens with one attached hydrogen (secondary N) is 1. The Morgan fingerprint density at radius 2 is 1.94 bits per heavy atom. The molecule has 0 unspecified atom stereocenters. The van der Waals surface area contributed by atoms with Crippen LogP contribution in [0.25, 0.3) is 0 Å². The molecule has 2 aromatic rings. The second-order valence-electron chi connectivity index (χ2n) is 2.94. The highest BCUT2D eigenvalue weighted by Crippen LogP contribution is 2.27. The summed E-state index contributed by atoms with van der Waals surface area (Å²) in [7, 11) is 0. The molecule has 0 atom stereocenters. The first kappa shape index (κ1) is 11.2. The van der Waals surface area contributed by atoms with E-state index in [4.69, 9.17) is 4.74 Å². The molecule has 1 N–H and O–H groups in total. The van der Waals surface area contributed by atoms with Crippen molar-refractivity contribution < 1.29 is 22.6 Å². The Hall–Kier alpha value is -2.25. The van der Waals surface area contributed by atoms with Gasteiger partial charge in [0.2, 0.25) is 0 Å². The first-order valence-corrected chi connectivity index (χ1v) is 4.43. The van der Waals surface area contributed by atoms with E-state index < -0.39 is 6.36 Å². The maximum Gasteiger partial charge on any atom is 0.573 e. The number of ether oxygens (including phenoxy) is 2. The Balaban J connectivity index is 2.12. The zero-order valence-corrected chi connectivity index (χ0v) is 8.23. The Bertz CT molecular complexity index is 484. The van der Waals surface area contributed by atoms with Gasteiger partial charge < -0.3 is 9.47 Å². The van der Waals surface area contributed by atoms with Crippen LogP contribution in [0.4, 0.5) is 13.2 Å². The zero-order valence-electron chi connectivity index (χ0n) is 8.23. The van der Waals surface area contributed by atoms with Crippen molar-refractivity contribution in [1.29, 1.82) is 0 Å². The smallest absolute Gasteiger partial charge is 0.436 e. The fourth-order valence-electron chi connectivity index (χ4n) is 1.10. The van der Waals surface area contributed by atoms with Gasteiger partial charge in [0.25, 0.3) is 5.88 Å². The molecule has 0 saturated heterocycles. The van der Waals surface area contributed by atoms with Crippen LogP contribution >= 0.6 is 0 Å². The summed E-state index contributed by atoms with van der Waals surface area (Å²) in [6, 6.07) is 5.11. The quantitative estimate of drug-likeness (QED) is 0.902. The third-order valence-corrected chi connectivity index (χ3v) is 1.66. The predicted molar refractivity (Wildman–Crippen MR) is 49.6 cm³/mol. The van der Waals surface area contributed by atoms with Crippen LogP contribution in [-0.4, -0.2) is 21.8 Å². The van der Waals surface area contributed by atoms with Gasteiger partial charge in [-0.05, 0) is 12.1 Å². The molecule has 1 aromatic carbocycles. The third-order valence-electron chi connectivity index (χ3n) is 1.66. The van der Waals surface area contributed by atoms with E-state index in [0.29, 0.717) is 0 Å². The van der Waals surface area contributed by atoms with Crippen LogP contribution in [0.5, 0.6) is 17.4 Å². The number of rotatable bonds is 3. The van der Waals surface area contributed by atoms with Gasteiger partial charge in [0.1, 0.15) is 11.5 Å². The van der Waals surface area contributed by atoms with Crippen LogP contribution in [0, 0.1) is 0 Å². The summed E-state index contributed by atoms with van der Waals surface area (Å²) in [6.07, 6.45) is -3.37. The number of aromatic amines is 1. The molecular formula is C9H6F3N3O2. The van der Waals surface area contributed by atoms with Gasteiger partial charge in [-0.15, -0.1) is 13.2 Å². The number of benzene rings is 1. The summed E-state index contributed by atoms with van der Waals surface area (Å²) in [5.41, 5.74) is 0. The van der Waals surface area contributed by atoms with E-state index in [-0.39, 0.29) is 17.4 Å². The van der Waals surface area contributed by atoms with Gasteiger partial charge in [-0.2, -0.15) is 0 Å². The van der Waals surface area contributed by atoms with Crippen LogP contribution in [0.2, 0.25) is 0 Å². The minimum Gasteiger partial charge on any atom is -0.436 e. The fourth-order valence-corrected chi connectivity index (χ4v) is 1.10. The Morgan fingerprint density at radius 3 is 2.59 bits per heavy atom. The highest BCUT2D eigenvalue weighted by molar-refractivity contribution is 5.34. The van der Waals surface area contributed by atoms with Gasteiger partial charge in [-0.3, -0.25) is 5.10 Å². The molecule has 8 heteroatoms. The average molecular weight is 245 g/mol. The highest BCUT2D eigenvalue weighted by Gasteiger charge is 2.31. The van der Waals surface area contributed by atoms with E-state index in [1.54, 1.807) is 0 Å². The minimum absolute atomic E-state index is 0.147.